The molecule has 0 aliphatic heterocycles. The molecule has 2 aromatic rings. The Morgan fingerprint density at radius 1 is 1.00 bits per heavy atom. The molecule has 18 heavy (non-hydrogen) atoms. The molecule has 0 atom stereocenters. The van der Waals surface area contributed by atoms with E-state index in [4.69, 9.17) is 4.74 Å². The van der Waals surface area contributed by atoms with Crippen molar-refractivity contribution in [2.45, 2.75) is 13.8 Å². The summed E-state index contributed by atoms with van der Waals surface area (Å²) in [6.45, 7) is 3.91. The van der Waals surface area contributed by atoms with Crippen LogP contribution in [0.25, 0.3) is 0 Å². The zero-order valence-corrected chi connectivity index (χ0v) is 10.4. The van der Waals surface area contributed by atoms with Crippen LogP contribution in [0, 0.1) is 13.8 Å². The normalized spacial score (nSPS) is 9.89. The van der Waals surface area contributed by atoms with E-state index in [-0.39, 0.29) is 0 Å². The molecule has 0 fully saturated rings. The molecular weight excluding hydrogens is 226 g/mol. The van der Waals surface area contributed by atoms with Crippen molar-refractivity contribution in [2.75, 3.05) is 5.32 Å². The van der Waals surface area contributed by atoms with Gasteiger partial charge in [0.1, 0.15) is 5.75 Å². The minimum atomic E-state index is -0.477. The average Bonchev–Trinajstić information content (AvgIpc) is 2.36. The molecule has 0 unspecified atom stereocenters. The standard InChI is InChI=1S/C15H15NO2/c1-11-7-6-10-14(12(11)2)18-15(17)16-13-8-4-3-5-9-13/h3-10H,1-2H3,(H,16,17). The molecule has 1 amide bonds. The molecule has 0 aliphatic rings. The van der Waals surface area contributed by atoms with Gasteiger partial charge in [-0.1, -0.05) is 30.3 Å². The molecule has 0 radical (unpaired) electrons. The average molecular weight is 241 g/mol. The maximum absolute atomic E-state index is 11.7. The van der Waals surface area contributed by atoms with Gasteiger partial charge in [0.05, 0.1) is 0 Å². The first-order chi connectivity index (χ1) is 8.66. The van der Waals surface area contributed by atoms with Gasteiger partial charge in [-0.15, -0.1) is 0 Å². The van der Waals surface area contributed by atoms with Crippen LogP contribution in [0.2, 0.25) is 0 Å². The highest BCUT2D eigenvalue weighted by molar-refractivity contribution is 5.86. The van der Waals surface area contributed by atoms with E-state index < -0.39 is 6.09 Å². The second kappa shape index (κ2) is 5.36. The number of carbonyl (C=O) groups excluding carboxylic acids is 1. The highest BCUT2D eigenvalue weighted by Gasteiger charge is 2.08. The molecule has 1 N–H and O–H groups in total. The topological polar surface area (TPSA) is 38.3 Å². The number of aryl methyl sites for hydroxylation is 1. The fourth-order valence-corrected chi connectivity index (χ4v) is 1.60. The van der Waals surface area contributed by atoms with Crippen molar-refractivity contribution >= 4 is 11.8 Å². The lowest BCUT2D eigenvalue weighted by Crippen LogP contribution is -2.17. The molecule has 92 valence electrons. The number of amides is 1. The van der Waals surface area contributed by atoms with E-state index in [9.17, 15) is 4.79 Å². The summed E-state index contributed by atoms with van der Waals surface area (Å²) >= 11 is 0. The van der Waals surface area contributed by atoms with Gasteiger partial charge in [0.25, 0.3) is 0 Å². The van der Waals surface area contributed by atoms with E-state index in [1.807, 2.05) is 56.3 Å². The van der Waals surface area contributed by atoms with Crippen LogP contribution in [0.3, 0.4) is 0 Å². The van der Waals surface area contributed by atoms with Crippen LogP contribution < -0.4 is 10.1 Å². The number of rotatable bonds is 2. The molecule has 0 aromatic heterocycles. The van der Waals surface area contributed by atoms with Gasteiger partial charge in [-0.2, -0.15) is 0 Å². The zero-order valence-electron chi connectivity index (χ0n) is 10.4. The van der Waals surface area contributed by atoms with Gasteiger partial charge >= 0.3 is 6.09 Å². The van der Waals surface area contributed by atoms with Gasteiger partial charge in [-0.05, 0) is 43.2 Å². The maximum Gasteiger partial charge on any atom is 0.417 e. The molecule has 0 aliphatic carbocycles. The molecular formula is C15H15NO2. The number of benzene rings is 2. The highest BCUT2D eigenvalue weighted by Crippen LogP contribution is 2.21. The largest absolute Gasteiger partial charge is 0.417 e. The number of para-hydroxylation sites is 1. The van der Waals surface area contributed by atoms with Gasteiger partial charge < -0.3 is 4.74 Å². The molecule has 0 spiro atoms. The third-order valence-corrected chi connectivity index (χ3v) is 2.78. The van der Waals surface area contributed by atoms with E-state index in [2.05, 4.69) is 5.32 Å². The number of ether oxygens (including phenoxy) is 1. The Morgan fingerprint density at radius 2 is 1.72 bits per heavy atom. The van der Waals surface area contributed by atoms with Crippen LogP contribution in [0.4, 0.5) is 10.5 Å². The molecule has 0 heterocycles. The quantitative estimate of drug-likeness (QED) is 0.865. The van der Waals surface area contributed by atoms with E-state index in [0.717, 1.165) is 11.1 Å². The highest BCUT2D eigenvalue weighted by atomic mass is 16.6. The fraction of sp³-hybridized carbons (Fsp3) is 0.133. The maximum atomic E-state index is 11.7. The van der Waals surface area contributed by atoms with E-state index in [0.29, 0.717) is 11.4 Å². The van der Waals surface area contributed by atoms with Crippen LogP contribution in [0.15, 0.2) is 48.5 Å². The number of carbonyl (C=O) groups is 1. The van der Waals surface area contributed by atoms with E-state index >= 15 is 0 Å². The molecule has 3 nitrogen and oxygen atoms in total. The molecule has 3 heteroatoms. The minimum absolute atomic E-state index is 0.477. The zero-order chi connectivity index (χ0) is 13.0. The van der Waals surface area contributed by atoms with Crippen molar-refractivity contribution in [1.82, 2.24) is 0 Å². The fourth-order valence-electron chi connectivity index (χ4n) is 1.60. The Kier molecular flexibility index (Phi) is 3.63. The summed E-state index contributed by atoms with van der Waals surface area (Å²) in [5.74, 6) is 0.587. The van der Waals surface area contributed by atoms with Crippen LogP contribution >= 0.6 is 0 Å². The number of nitrogens with one attached hydrogen (secondary N) is 1. The molecule has 0 saturated heterocycles. The summed E-state index contributed by atoms with van der Waals surface area (Å²) in [4.78, 5) is 11.7. The van der Waals surface area contributed by atoms with Crippen molar-refractivity contribution in [3.8, 4) is 5.75 Å². The van der Waals surface area contributed by atoms with E-state index in [1.54, 1.807) is 6.07 Å². The first kappa shape index (κ1) is 12.2. The van der Waals surface area contributed by atoms with Gasteiger partial charge in [0.15, 0.2) is 0 Å². The van der Waals surface area contributed by atoms with E-state index in [1.165, 1.54) is 0 Å². The summed E-state index contributed by atoms with van der Waals surface area (Å²) in [6.07, 6.45) is -0.477. The van der Waals surface area contributed by atoms with Crippen molar-refractivity contribution in [3.05, 3.63) is 59.7 Å². The Labute approximate surface area is 106 Å². The monoisotopic (exact) mass is 241 g/mol. The summed E-state index contributed by atoms with van der Waals surface area (Å²) in [7, 11) is 0. The Hall–Kier alpha value is -2.29. The summed E-state index contributed by atoms with van der Waals surface area (Å²) < 4.78 is 5.28. The lowest BCUT2D eigenvalue weighted by molar-refractivity contribution is 0.215. The predicted molar refractivity (Wildman–Crippen MR) is 72.0 cm³/mol. The lowest BCUT2D eigenvalue weighted by atomic mass is 10.1. The van der Waals surface area contributed by atoms with Crippen LogP contribution in [-0.2, 0) is 0 Å². The molecule has 2 rings (SSSR count). The van der Waals surface area contributed by atoms with Crippen LogP contribution in [-0.4, -0.2) is 6.09 Å². The van der Waals surface area contributed by atoms with Crippen molar-refractivity contribution in [3.63, 3.8) is 0 Å². The van der Waals surface area contributed by atoms with Gasteiger partial charge in [-0.3, -0.25) is 5.32 Å². The van der Waals surface area contributed by atoms with Crippen molar-refractivity contribution in [2.24, 2.45) is 0 Å². The number of hydrogen-bond acceptors (Lipinski definition) is 2. The predicted octanol–water partition coefficient (Wildman–Crippen LogP) is 3.91. The first-order valence-electron chi connectivity index (χ1n) is 5.77. The second-order valence-corrected chi connectivity index (χ2v) is 4.08. The molecule has 0 saturated carbocycles. The van der Waals surface area contributed by atoms with Crippen LogP contribution in [0.5, 0.6) is 5.75 Å². The second-order valence-electron chi connectivity index (χ2n) is 4.08. The van der Waals surface area contributed by atoms with Gasteiger partial charge in [0.2, 0.25) is 0 Å². The Morgan fingerprint density at radius 3 is 2.44 bits per heavy atom. The molecule has 0 bridgehead atoms. The lowest BCUT2D eigenvalue weighted by Gasteiger charge is -2.10. The van der Waals surface area contributed by atoms with Crippen LogP contribution in [0.1, 0.15) is 11.1 Å². The SMILES string of the molecule is Cc1cccc(OC(=O)Nc2ccccc2)c1C. The summed E-state index contributed by atoms with van der Waals surface area (Å²) in [5.41, 5.74) is 2.79. The smallest absolute Gasteiger partial charge is 0.410 e. The number of anilines is 1. The summed E-state index contributed by atoms with van der Waals surface area (Å²) in [6, 6.07) is 14.9. The summed E-state index contributed by atoms with van der Waals surface area (Å²) in [5, 5.41) is 2.68. The Balaban J connectivity index is 2.06. The van der Waals surface area contributed by atoms with Gasteiger partial charge in [0, 0.05) is 5.69 Å². The van der Waals surface area contributed by atoms with Crippen molar-refractivity contribution in [1.29, 1.82) is 0 Å². The number of hydrogen-bond donors (Lipinski definition) is 1. The third-order valence-electron chi connectivity index (χ3n) is 2.78. The minimum Gasteiger partial charge on any atom is -0.410 e. The molecule has 2 aromatic carbocycles. The van der Waals surface area contributed by atoms with Crippen molar-refractivity contribution < 1.29 is 9.53 Å². The Bertz CT molecular complexity index is 550. The van der Waals surface area contributed by atoms with Gasteiger partial charge in [-0.25, -0.2) is 4.79 Å². The first-order valence-corrected chi connectivity index (χ1v) is 5.77. The third kappa shape index (κ3) is 2.88.